The molecule has 0 aliphatic heterocycles. The van der Waals surface area contributed by atoms with E-state index < -0.39 is 28.5 Å². The number of benzene rings is 3. The van der Waals surface area contributed by atoms with Gasteiger partial charge in [0, 0.05) is 13.1 Å². The third-order valence-corrected chi connectivity index (χ3v) is 8.60. The number of carbonyl (C=O) groups is 2. The van der Waals surface area contributed by atoms with E-state index in [4.69, 9.17) is 9.47 Å². The topological polar surface area (TPSA) is 105 Å². The number of rotatable bonds is 15. The molecule has 3 aromatic carbocycles. The van der Waals surface area contributed by atoms with Gasteiger partial charge in [-0.25, -0.2) is 8.42 Å². The third-order valence-electron chi connectivity index (χ3n) is 6.81. The van der Waals surface area contributed by atoms with Crippen LogP contribution in [0.15, 0.2) is 77.7 Å². The van der Waals surface area contributed by atoms with E-state index in [1.807, 2.05) is 26.8 Å². The molecule has 10 heteroatoms. The Hall–Kier alpha value is -4.05. The van der Waals surface area contributed by atoms with Crippen molar-refractivity contribution >= 4 is 27.5 Å². The van der Waals surface area contributed by atoms with Crippen LogP contribution in [-0.4, -0.2) is 58.0 Å². The van der Waals surface area contributed by atoms with Crippen molar-refractivity contribution in [2.75, 3.05) is 31.1 Å². The van der Waals surface area contributed by atoms with Gasteiger partial charge in [0.2, 0.25) is 11.8 Å². The minimum Gasteiger partial charge on any atom is -0.497 e. The quantitative estimate of drug-likeness (QED) is 0.250. The molecule has 0 saturated heterocycles. The Balaban J connectivity index is 2.00. The van der Waals surface area contributed by atoms with Gasteiger partial charge in [0.15, 0.2) is 0 Å². The number of hydrogen-bond acceptors (Lipinski definition) is 6. The zero-order valence-corrected chi connectivity index (χ0v) is 25.8. The van der Waals surface area contributed by atoms with Gasteiger partial charge in [0.1, 0.15) is 24.1 Å². The van der Waals surface area contributed by atoms with E-state index in [0.29, 0.717) is 30.3 Å². The molecule has 0 aliphatic carbocycles. The van der Waals surface area contributed by atoms with E-state index in [1.165, 1.54) is 17.0 Å². The van der Waals surface area contributed by atoms with Crippen molar-refractivity contribution < 1.29 is 27.5 Å². The molecule has 0 aromatic heterocycles. The molecule has 0 aliphatic rings. The lowest BCUT2D eigenvalue weighted by Gasteiger charge is -2.32. The molecule has 9 nitrogen and oxygen atoms in total. The molecule has 0 radical (unpaired) electrons. The summed E-state index contributed by atoms with van der Waals surface area (Å²) >= 11 is 0. The molecule has 226 valence electrons. The molecule has 2 amide bonds. The first-order chi connectivity index (χ1) is 20.1. The number of methoxy groups -OCH3 is 1. The third kappa shape index (κ3) is 8.48. The molecular formula is C32H41N3O6S. The molecule has 3 aromatic rings. The number of nitrogens with one attached hydrogen (secondary N) is 1. The molecule has 1 N–H and O–H groups in total. The monoisotopic (exact) mass is 595 g/mol. The number of amides is 2. The predicted molar refractivity (Wildman–Crippen MR) is 164 cm³/mol. The summed E-state index contributed by atoms with van der Waals surface area (Å²) in [4.78, 5) is 28.6. The van der Waals surface area contributed by atoms with Gasteiger partial charge in [0.25, 0.3) is 10.0 Å². The Labute approximate surface area is 249 Å². The fraction of sp³-hybridized carbons (Fsp3) is 0.375. The maximum absolute atomic E-state index is 14.0. The number of ether oxygens (including phenoxy) is 2. The van der Waals surface area contributed by atoms with Gasteiger partial charge in [-0.2, -0.15) is 0 Å². The number of sulfonamides is 1. The Morgan fingerprint density at radius 2 is 1.64 bits per heavy atom. The molecule has 0 saturated carbocycles. The van der Waals surface area contributed by atoms with Crippen molar-refractivity contribution in [1.82, 2.24) is 10.2 Å². The average Bonchev–Trinajstić information content (AvgIpc) is 2.99. The molecule has 0 unspecified atom stereocenters. The molecule has 3 rings (SSSR count). The van der Waals surface area contributed by atoms with E-state index in [9.17, 15) is 18.0 Å². The van der Waals surface area contributed by atoms with Crippen LogP contribution in [0.3, 0.4) is 0 Å². The lowest BCUT2D eigenvalue weighted by molar-refractivity contribution is -0.139. The zero-order valence-electron chi connectivity index (χ0n) is 25.0. The smallest absolute Gasteiger partial charge is 0.264 e. The second-order valence-corrected chi connectivity index (χ2v) is 11.8. The lowest BCUT2D eigenvalue weighted by atomic mass is 10.1. The largest absolute Gasteiger partial charge is 0.497 e. The van der Waals surface area contributed by atoms with Crippen LogP contribution in [0.1, 0.15) is 44.7 Å². The highest BCUT2D eigenvalue weighted by molar-refractivity contribution is 7.92. The number of unbranched alkanes of at least 4 members (excludes halogenated alkanes) is 1. The van der Waals surface area contributed by atoms with Crippen molar-refractivity contribution in [1.29, 1.82) is 0 Å². The van der Waals surface area contributed by atoms with Crippen molar-refractivity contribution in [2.45, 2.75) is 58.0 Å². The van der Waals surface area contributed by atoms with E-state index in [-0.39, 0.29) is 17.3 Å². The number of hydrogen-bond donors (Lipinski definition) is 1. The normalized spacial score (nSPS) is 11.8. The van der Waals surface area contributed by atoms with Crippen molar-refractivity contribution in [2.24, 2.45) is 0 Å². The second kappa shape index (κ2) is 15.3. The van der Waals surface area contributed by atoms with Crippen LogP contribution in [0, 0.1) is 6.92 Å². The Morgan fingerprint density at radius 3 is 2.26 bits per heavy atom. The maximum Gasteiger partial charge on any atom is 0.264 e. The number of aryl methyl sites for hydroxylation is 1. The van der Waals surface area contributed by atoms with E-state index >= 15 is 0 Å². The molecule has 0 fully saturated rings. The minimum absolute atomic E-state index is 0.0176. The van der Waals surface area contributed by atoms with Gasteiger partial charge >= 0.3 is 0 Å². The van der Waals surface area contributed by atoms with Crippen molar-refractivity contribution in [3.05, 3.63) is 83.9 Å². The summed E-state index contributed by atoms with van der Waals surface area (Å²) < 4.78 is 39.9. The lowest BCUT2D eigenvalue weighted by Crippen LogP contribution is -2.51. The average molecular weight is 596 g/mol. The Morgan fingerprint density at radius 1 is 0.952 bits per heavy atom. The van der Waals surface area contributed by atoms with Gasteiger partial charge in [-0.3, -0.25) is 13.9 Å². The van der Waals surface area contributed by atoms with Crippen LogP contribution < -0.4 is 19.1 Å². The van der Waals surface area contributed by atoms with Crippen LogP contribution in [0.5, 0.6) is 11.5 Å². The summed E-state index contributed by atoms with van der Waals surface area (Å²) in [7, 11) is -2.61. The van der Waals surface area contributed by atoms with E-state index in [1.54, 1.807) is 68.6 Å². The van der Waals surface area contributed by atoms with Crippen molar-refractivity contribution in [3.8, 4) is 11.5 Å². The summed E-state index contributed by atoms with van der Waals surface area (Å²) in [6.45, 7) is 7.94. The Bertz CT molecular complexity index is 1430. The zero-order chi connectivity index (χ0) is 30.7. The van der Waals surface area contributed by atoms with Gasteiger partial charge in [0.05, 0.1) is 24.3 Å². The molecule has 1 atom stereocenters. The Kier molecular flexibility index (Phi) is 11.8. The van der Waals surface area contributed by atoms with Gasteiger partial charge in [-0.05, 0) is 81.3 Å². The first-order valence-electron chi connectivity index (χ1n) is 14.1. The number of carbonyl (C=O) groups excluding carboxylic acids is 2. The fourth-order valence-corrected chi connectivity index (χ4v) is 5.74. The van der Waals surface area contributed by atoms with E-state index in [0.717, 1.165) is 28.3 Å². The first-order valence-corrected chi connectivity index (χ1v) is 15.6. The second-order valence-electron chi connectivity index (χ2n) is 9.95. The van der Waals surface area contributed by atoms with Crippen LogP contribution >= 0.6 is 0 Å². The van der Waals surface area contributed by atoms with Gasteiger partial charge in [-0.1, -0.05) is 43.2 Å². The number of nitrogens with zero attached hydrogens (tertiary/aromatic N) is 2. The molecule has 42 heavy (non-hydrogen) atoms. The number of anilines is 1. The van der Waals surface area contributed by atoms with Crippen LogP contribution in [-0.2, 0) is 26.2 Å². The summed E-state index contributed by atoms with van der Waals surface area (Å²) in [6.07, 6.45) is 1.72. The standard InChI is InChI=1S/C32H41N3O6S/c1-6-8-20-33-32(37)25(4)34(22-26-10-9-11-29(21-26)40-5)31(36)23-35(27-14-12-24(3)13-15-27)42(38,39)30-18-16-28(17-19-30)41-7-2/h9-19,21,25H,6-8,20,22-23H2,1-5H3,(H,33,37)/t25-/m1/s1. The predicted octanol–water partition coefficient (Wildman–Crippen LogP) is 4.93. The fourth-order valence-electron chi connectivity index (χ4n) is 4.33. The van der Waals surface area contributed by atoms with E-state index in [2.05, 4.69) is 5.32 Å². The highest BCUT2D eigenvalue weighted by Gasteiger charge is 2.32. The molecule has 0 heterocycles. The summed E-state index contributed by atoms with van der Waals surface area (Å²) in [5.74, 6) is 0.322. The molecular weight excluding hydrogens is 554 g/mol. The van der Waals surface area contributed by atoms with Crippen molar-refractivity contribution in [3.63, 3.8) is 0 Å². The van der Waals surface area contributed by atoms with Crippen LogP contribution in [0.4, 0.5) is 5.69 Å². The summed E-state index contributed by atoms with van der Waals surface area (Å²) in [5, 5.41) is 2.89. The minimum atomic E-state index is -4.16. The molecule has 0 bridgehead atoms. The molecule has 0 spiro atoms. The summed E-state index contributed by atoms with van der Waals surface area (Å²) in [5.41, 5.74) is 2.02. The van der Waals surface area contributed by atoms with Gasteiger partial charge < -0.3 is 19.7 Å². The summed E-state index contributed by atoms with van der Waals surface area (Å²) in [6, 6.07) is 19.4. The maximum atomic E-state index is 14.0. The van der Waals surface area contributed by atoms with Crippen LogP contribution in [0.2, 0.25) is 0 Å². The van der Waals surface area contributed by atoms with Gasteiger partial charge in [-0.15, -0.1) is 0 Å². The highest BCUT2D eigenvalue weighted by atomic mass is 32.2. The SMILES string of the molecule is CCCCNC(=O)[C@@H](C)N(Cc1cccc(OC)c1)C(=O)CN(c1ccc(C)cc1)S(=O)(=O)c1ccc(OCC)cc1. The van der Waals surface area contributed by atoms with Crippen LogP contribution in [0.25, 0.3) is 0 Å². The highest BCUT2D eigenvalue weighted by Crippen LogP contribution is 2.26. The first kappa shape index (κ1) is 32.5.